The van der Waals surface area contributed by atoms with Gasteiger partial charge in [0.2, 0.25) is 5.91 Å². The summed E-state index contributed by atoms with van der Waals surface area (Å²) in [5, 5.41) is 11.7. The predicted molar refractivity (Wildman–Crippen MR) is 55.8 cm³/mol. The number of carbonyl (C=O) groups is 1. The van der Waals surface area contributed by atoms with Crippen LogP contribution in [0.3, 0.4) is 0 Å². The van der Waals surface area contributed by atoms with E-state index in [1.54, 1.807) is 12.2 Å². The predicted octanol–water partition coefficient (Wildman–Crippen LogP) is 1.68. The molecule has 0 saturated carbocycles. The lowest BCUT2D eigenvalue weighted by molar-refractivity contribution is -0.118. The van der Waals surface area contributed by atoms with Crippen LogP contribution in [0.1, 0.15) is 12.5 Å². The van der Waals surface area contributed by atoms with Gasteiger partial charge in [-0.3, -0.25) is 4.79 Å². The van der Waals surface area contributed by atoms with Crippen LogP contribution >= 0.6 is 0 Å². The molecule has 1 aromatic carbocycles. The molecular formula is C11H12FNO2. The van der Waals surface area contributed by atoms with Crippen molar-refractivity contribution in [3.05, 3.63) is 35.7 Å². The van der Waals surface area contributed by atoms with E-state index in [0.29, 0.717) is 12.1 Å². The number of phenolic OH excluding ortho intramolecular Hbond substituents is 1. The number of halogens is 1. The van der Waals surface area contributed by atoms with Crippen LogP contribution in [0.15, 0.2) is 24.3 Å². The number of nitrogens with one attached hydrogen (secondary N) is 1. The molecule has 0 unspecified atom stereocenters. The molecule has 0 aliphatic rings. The highest BCUT2D eigenvalue weighted by molar-refractivity contribution is 5.73. The zero-order valence-electron chi connectivity index (χ0n) is 8.33. The summed E-state index contributed by atoms with van der Waals surface area (Å²) >= 11 is 0. The molecule has 0 heterocycles. The molecule has 0 bridgehead atoms. The Morgan fingerprint density at radius 3 is 2.87 bits per heavy atom. The summed E-state index contributed by atoms with van der Waals surface area (Å²) in [6.45, 7) is 1.80. The lowest BCUT2D eigenvalue weighted by Gasteiger charge is -1.97. The second-order valence-electron chi connectivity index (χ2n) is 3.08. The smallest absolute Gasteiger partial charge is 0.217 e. The molecular weight excluding hydrogens is 197 g/mol. The van der Waals surface area contributed by atoms with Crippen molar-refractivity contribution < 1.29 is 14.3 Å². The third kappa shape index (κ3) is 4.26. The maximum Gasteiger partial charge on any atom is 0.217 e. The fourth-order valence-electron chi connectivity index (χ4n) is 1.09. The van der Waals surface area contributed by atoms with Crippen molar-refractivity contribution >= 4 is 12.0 Å². The number of carbonyl (C=O) groups excluding carboxylic acids is 1. The molecule has 15 heavy (non-hydrogen) atoms. The molecule has 0 aliphatic carbocycles. The van der Waals surface area contributed by atoms with Crippen LogP contribution in [0.4, 0.5) is 4.39 Å². The maximum atomic E-state index is 12.8. The van der Waals surface area contributed by atoms with Crippen molar-refractivity contribution in [1.82, 2.24) is 5.32 Å². The molecule has 0 aromatic heterocycles. The highest BCUT2D eigenvalue weighted by Crippen LogP contribution is 2.15. The first-order valence-electron chi connectivity index (χ1n) is 4.48. The van der Waals surface area contributed by atoms with Gasteiger partial charge in [0.05, 0.1) is 0 Å². The number of amides is 1. The summed E-state index contributed by atoms with van der Waals surface area (Å²) in [4.78, 5) is 10.5. The first-order chi connectivity index (χ1) is 7.08. The van der Waals surface area contributed by atoms with E-state index in [4.69, 9.17) is 5.11 Å². The number of aromatic hydroxyl groups is 1. The van der Waals surface area contributed by atoms with Gasteiger partial charge in [-0.05, 0) is 17.7 Å². The lowest BCUT2D eigenvalue weighted by Crippen LogP contribution is -2.19. The molecule has 80 valence electrons. The summed E-state index contributed by atoms with van der Waals surface area (Å²) in [7, 11) is 0. The molecule has 4 heteroatoms. The minimum absolute atomic E-state index is 0.117. The first kappa shape index (κ1) is 11.2. The van der Waals surface area contributed by atoms with Crippen molar-refractivity contribution in [3.8, 4) is 5.75 Å². The molecule has 1 amide bonds. The zero-order valence-corrected chi connectivity index (χ0v) is 8.33. The quantitative estimate of drug-likeness (QED) is 0.795. The molecule has 0 atom stereocenters. The van der Waals surface area contributed by atoms with Gasteiger partial charge in [-0.25, -0.2) is 4.39 Å². The standard InChI is InChI=1S/C11H12FNO2/c1-8(14)13-4-2-3-9-5-10(12)7-11(15)6-9/h2-3,5-7,15H,4H2,1H3,(H,13,14). The molecule has 0 spiro atoms. The normalized spacial score (nSPS) is 10.5. The topological polar surface area (TPSA) is 49.3 Å². The number of benzene rings is 1. The maximum absolute atomic E-state index is 12.8. The molecule has 1 aromatic rings. The van der Waals surface area contributed by atoms with Crippen molar-refractivity contribution in [3.63, 3.8) is 0 Å². The zero-order chi connectivity index (χ0) is 11.3. The van der Waals surface area contributed by atoms with E-state index in [1.807, 2.05) is 0 Å². The van der Waals surface area contributed by atoms with Gasteiger partial charge in [0.1, 0.15) is 11.6 Å². The third-order valence-electron chi connectivity index (χ3n) is 1.68. The van der Waals surface area contributed by atoms with Gasteiger partial charge in [-0.15, -0.1) is 0 Å². The van der Waals surface area contributed by atoms with Crippen LogP contribution in [-0.4, -0.2) is 17.6 Å². The highest BCUT2D eigenvalue weighted by atomic mass is 19.1. The fourth-order valence-corrected chi connectivity index (χ4v) is 1.09. The van der Waals surface area contributed by atoms with Crippen molar-refractivity contribution in [2.45, 2.75) is 6.92 Å². The summed E-state index contributed by atoms with van der Waals surface area (Å²) in [5.41, 5.74) is 0.554. The highest BCUT2D eigenvalue weighted by Gasteiger charge is 1.96. The molecule has 3 nitrogen and oxygen atoms in total. The van der Waals surface area contributed by atoms with E-state index in [2.05, 4.69) is 5.32 Å². The van der Waals surface area contributed by atoms with Gasteiger partial charge >= 0.3 is 0 Å². The Morgan fingerprint density at radius 1 is 1.53 bits per heavy atom. The third-order valence-corrected chi connectivity index (χ3v) is 1.68. The Labute approximate surface area is 87.2 Å². The van der Waals surface area contributed by atoms with Crippen LogP contribution in [0.2, 0.25) is 0 Å². The van der Waals surface area contributed by atoms with Gasteiger partial charge in [0.25, 0.3) is 0 Å². The molecule has 1 rings (SSSR count). The Bertz CT molecular complexity index is 368. The minimum Gasteiger partial charge on any atom is -0.508 e. The van der Waals surface area contributed by atoms with Crippen LogP contribution in [0.25, 0.3) is 6.08 Å². The van der Waals surface area contributed by atoms with E-state index in [1.165, 1.54) is 19.1 Å². The first-order valence-corrected chi connectivity index (χ1v) is 4.48. The van der Waals surface area contributed by atoms with Gasteiger partial charge < -0.3 is 10.4 Å². The molecule has 0 fully saturated rings. The molecule has 0 radical (unpaired) electrons. The van der Waals surface area contributed by atoms with Crippen molar-refractivity contribution in [2.75, 3.05) is 6.54 Å². The SMILES string of the molecule is CC(=O)NCC=Cc1cc(O)cc(F)c1. The van der Waals surface area contributed by atoms with Crippen LogP contribution in [0, 0.1) is 5.82 Å². The summed E-state index contributed by atoms with van der Waals surface area (Å²) < 4.78 is 12.8. The Morgan fingerprint density at radius 2 is 2.27 bits per heavy atom. The average molecular weight is 209 g/mol. The van der Waals surface area contributed by atoms with Gasteiger partial charge in [-0.2, -0.15) is 0 Å². The van der Waals surface area contributed by atoms with Crippen LogP contribution < -0.4 is 5.32 Å². The monoisotopic (exact) mass is 209 g/mol. The second kappa shape index (κ2) is 5.14. The van der Waals surface area contributed by atoms with Crippen molar-refractivity contribution in [1.29, 1.82) is 0 Å². The molecule has 0 aliphatic heterocycles. The summed E-state index contributed by atoms with van der Waals surface area (Å²) in [6, 6.07) is 3.77. The number of rotatable bonds is 3. The second-order valence-corrected chi connectivity index (χ2v) is 3.08. The summed E-state index contributed by atoms with van der Waals surface area (Å²) in [5.74, 6) is -0.731. The number of hydrogen-bond acceptors (Lipinski definition) is 2. The van der Waals surface area contributed by atoms with Gasteiger partial charge in [0.15, 0.2) is 0 Å². The average Bonchev–Trinajstić information content (AvgIpc) is 2.10. The van der Waals surface area contributed by atoms with E-state index >= 15 is 0 Å². The van der Waals surface area contributed by atoms with Crippen molar-refractivity contribution in [2.24, 2.45) is 0 Å². The summed E-state index contributed by atoms with van der Waals surface area (Å²) in [6.07, 6.45) is 3.30. The fraction of sp³-hybridized carbons (Fsp3) is 0.182. The van der Waals surface area contributed by atoms with Gasteiger partial charge in [0, 0.05) is 19.5 Å². The number of phenols is 1. The van der Waals surface area contributed by atoms with Crippen LogP contribution in [0.5, 0.6) is 5.75 Å². The molecule has 0 saturated heterocycles. The van der Waals surface area contributed by atoms with Gasteiger partial charge in [-0.1, -0.05) is 12.2 Å². The van der Waals surface area contributed by atoms with E-state index in [9.17, 15) is 9.18 Å². The Balaban J connectivity index is 2.60. The van der Waals surface area contributed by atoms with Crippen LogP contribution in [-0.2, 0) is 4.79 Å². The van der Waals surface area contributed by atoms with E-state index in [-0.39, 0.29) is 11.7 Å². The largest absolute Gasteiger partial charge is 0.508 e. The lowest BCUT2D eigenvalue weighted by atomic mass is 10.2. The van der Waals surface area contributed by atoms with E-state index < -0.39 is 5.82 Å². The Hall–Kier alpha value is -1.84. The Kier molecular flexibility index (Phi) is 3.85. The minimum atomic E-state index is -0.492. The number of hydrogen-bond donors (Lipinski definition) is 2. The van der Waals surface area contributed by atoms with E-state index in [0.717, 1.165) is 6.07 Å². The molecule has 2 N–H and O–H groups in total.